The minimum absolute atomic E-state index is 0.377. The first-order valence-electron chi connectivity index (χ1n) is 11.0. The number of fused-ring (bicyclic) bond motifs is 6. The van der Waals surface area contributed by atoms with Crippen molar-refractivity contribution in [1.29, 1.82) is 10.5 Å². The molecule has 168 valence electrons. The molecule has 0 aliphatic rings. The molecule has 5 rings (SSSR count). The van der Waals surface area contributed by atoms with Crippen LogP contribution in [0.25, 0.3) is 44.0 Å². The SMILES string of the molecule is CC(C)(O)C#CCc1ccc2c3cc(Cl)ccc3c3[nH]c(-c4c(C#N)cccc4C#N)nc3c2c1. The van der Waals surface area contributed by atoms with Crippen molar-refractivity contribution >= 4 is 44.2 Å². The predicted molar refractivity (Wildman–Crippen MR) is 139 cm³/mol. The number of H-pyrrole nitrogens is 1. The third kappa shape index (κ3) is 4.07. The molecule has 0 spiro atoms. The Balaban J connectivity index is 1.83. The molecule has 0 radical (unpaired) electrons. The van der Waals surface area contributed by atoms with Gasteiger partial charge in [-0.25, -0.2) is 4.98 Å². The van der Waals surface area contributed by atoms with Crippen LogP contribution in [0.15, 0.2) is 54.6 Å². The maximum Gasteiger partial charge on any atom is 0.141 e. The Bertz CT molecular complexity index is 1770. The zero-order valence-electron chi connectivity index (χ0n) is 19.1. The molecule has 0 amide bonds. The number of nitrogens with one attached hydrogen (secondary N) is 1. The van der Waals surface area contributed by atoms with Gasteiger partial charge in [-0.1, -0.05) is 47.7 Å². The molecule has 6 heteroatoms. The van der Waals surface area contributed by atoms with Gasteiger partial charge in [-0.15, -0.1) is 0 Å². The van der Waals surface area contributed by atoms with Crippen molar-refractivity contribution in [3.8, 4) is 35.4 Å². The second-order valence-electron chi connectivity index (χ2n) is 8.87. The van der Waals surface area contributed by atoms with E-state index in [0.29, 0.717) is 34.0 Å². The van der Waals surface area contributed by atoms with Gasteiger partial charge < -0.3 is 10.1 Å². The lowest BCUT2D eigenvalue weighted by Gasteiger charge is -2.08. The summed E-state index contributed by atoms with van der Waals surface area (Å²) in [5.74, 6) is 6.35. The summed E-state index contributed by atoms with van der Waals surface area (Å²) in [6.07, 6.45) is 0.474. The van der Waals surface area contributed by atoms with Crippen LogP contribution in [0.5, 0.6) is 0 Å². The molecule has 35 heavy (non-hydrogen) atoms. The van der Waals surface area contributed by atoms with E-state index in [1.165, 1.54) is 0 Å². The van der Waals surface area contributed by atoms with Crippen LogP contribution in [0.4, 0.5) is 0 Å². The normalized spacial score (nSPS) is 11.3. The number of nitriles is 2. The lowest BCUT2D eigenvalue weighted by Crippen LogP contribution is -2.14. The Hall–Kier alpha value is -4.34. The molecule has 0 atom stereocenters. The highest BCUT2D eigenvalue weighted by Gasteiger charge is 2.18. The number of hydrogen-bond donors (Lipinski definition) is 2. The number of aromatic amines is 1. The Morgan fingerprint density at radius 3 is 2.34 bits per heavy atom. The zero-order valence-corrected chi connectivity index (χ0v) is 19.8. The van der Waals surface area contributed by atoms with Crippen molar-refractivity contribution in [1.82, 2.24) is 9.97 Å². The van der Waals surface area contributed by atoms with Crippen LogP contribution in [0.2, 0.25) is 5.02 Å². The van der Waals surface area contributed by atoms with Crippen molar-refractivity contribution in [3.63, 3.8) is 0 Å². The molecule has 4 aromatic carbocycles. The zero-order chi connectivity index (χ0) is 24.7. The summed E-state index contributed by atoms with van der Waals surface area (Å²) in [7, 11) is 0. The Labute approximate surface area is 207 Å². The third-order valence-electron chi connectivity index (χ3n) is 5.81. The average Bonchev–Trinajstić information content (AvgIpc) is 3.28. The first-order chi connectivity index (χ1) is 16.8. The van der Waals surface area contributed by atoms with Crippen LogP contribution >= 0.6 is 11.6 Å². The molecule has 0 unspecified atom stereocenters. The monoisotopic (exact) mass is 474 g/mol. The summed E-state index contributed by atoms with van der Waals surface area (Å²) < 4.78 is 0. The van der Waals surface area contributed by atoms with Crippen LogP contribution in [0, 0.1) is 34.5 Å². The van der Waals surface area contributed by atoms with Gasteiger partial charge in [0.05, 0.1) is 39.9 Å². The Morgan fingerprint density at radius 1 is 0.943 bits per heavy atom. The third-order valence-corrected chi connectivity index (χ3v) is 6.05. The van der Waals surface area contributed by atoms with Crippen molar-refractivity contribution in [2.24, 2.45) is 0 Å². The fourth-order valence-corrected chi connectivity index (χ4v) is 4.50. The number of aliphatic hydroxyl groups is 1. The number of rotatable bonds is 2. The van der Waals surface area contributed by atoms with Gasteiger partial charge in [0.25, 0.3) is 0 Å². The van der Waals surface area contributed by atoms with Gasteiger partial charge in [0, 0.05) is 22.2 Å². The van der Waals surface area contributed by atoms with E-state index in [2.05, 4.69) is 29.0 Å². The maximum absolute atomic E-state index is 9.90. The topological polar surface area (TPSA) is 96.5 Å². The standard InChI is InChI=1S/C29H19ClN4O/c1-29(2,35)12-4-5-17-8-10-21-23-14-20(30)9-11-22(23)26-27(24(21)13-17)34-28(33-26)25-18(15-31)6-3-7-19(25)16-32/h3,6-11,13-14,35H,5H2,1-2H3,(H,33,34). The number of benzene rings is 4. The number of aromatic nitrogens is 2. The van der Waals surface area contributed by atoms with E-state index in [1.807, 2.05) is 36.4 Å². The summed E-state index contributed by atoms with van der Waals surface area (Å²) in [6.45, 7) is 3.30. The molecule has 5 nitrogen and oxygen atoms in total. The largest absolute Gasteiger partial charge is 0.378 e. The molecule has 0 saturated carbocycles. The van der Waals surface area contributed by atoms with Crippen molar-refractivity contribution < 1.29 is 5.11 Å². The highest BCUT2D eigenvalue weighted by Crippen LogP contribution is 2.38. The maximum atomic E-state index is 9.90. The van der Waals surface area contributed by atoms with E-state index in [4.69, 9.17) is 16.6 Å². The molecule has 1 heterocycles. The Morgan fingerprint density at radius 2 is 1.66 bits per heavy atom. The average molecular weight is 475 g/mol. The fraction of sp³-hybridized carbons (Fsp3) is 0.138. The molecular formula is C29H19ClN4O. The quantitative estimate of drug-likeness (QED) is 0.233. The van der Waals surface area contributed by atoms with Gasteiger partial charge in [0.2, 0.25) is 0 Å². The fourth-order valence-electron chi connectivity index (χ4n) is 4.33. The molecule has 0 fully saturated rings. The van der Waals surface area contributed by atoms with Gasteiger partial charge in [0.1, 0.15) is 11.4 Å². The minimum atomic E-state index is -1.05. The first-order valence-corrected chi connectivity index (χ1v) is 11.4. The summed E-state index contributed by atoms with van der Waals surface area (Å²) >= 11 is 6.35. The summed E-state index contributed by atoms with van der Waals surface area (Å²) in [6, 6.07) is 21.2. The van der Waals surface area contributed by atoms with Crippen molar-refractivity contribution in [2.75, 3.05) is 0 Å². The molecule has 5 aromatic rings. The number of halogens is 1. The molecule has 0 aliphatic carbocycles. The number of nitrogens with zero attached hydrogens (tertiary/aromatic N) is 3. The van der Waals surface area contributed by atoms with E-state index >= 15 is 0 Å². The van der Waals surface area contributed by atoms with E-state index in [-0.39, 0.29) is 0 Å². The van der Waals surface area contributed by atoms with Gasteiger partial charge in [-0.2, -0.15) is 10.5 Å². The summed E-state index contributed by atoms with van der Waals surface area (Å²) in [5, 5.41) is 33.7. The minimum Gasteiger partial charge on any atom is -0.378 e. The number of imidazole rings is 1. The van der Waals surface area contributed by atoms with Crippen molar-refractivity contribution in [3.05, 3.63) is 76.3 Å². The van der Waals surface area contributed by atoms with Crippen LogP contribution in [-0.4, -0.2) is 20.7 Å². The first kappa shape index (κ1) is 22.5. The van der Waals surface area contributed by atoms with Crippen LogP contribution in [-0.2, 0) is 6.42 Å². The van der Waals surface area contributed by atoms with E-state index in [9.17, 15) is 15.6 Å². The number of hydrogen-bond acceptors (Lipinski definition) is 4. The van der Waals surface area contributed by atoms with Gasteiger partial charge in [-0.3, -0.25) is 0 Å². The second kappa shape index (κ2) is 8.46. The molecule has 0 saturated heterocycles. The van der Waals surface area contributed by atoms with Crippen LogP contribution in [0.3, 0.4) is 0 Å². The molecular weight excluding hydrogens is 456 g/mol. The predicted octanol–water partition coefficient (Wildman–Crippen LogP) is 6.25. The molecule has 1 aromatic heterocycles. The highest BCUT2D eigenvalue weighted by atomic mass is 35.5. The highest BCUT2D eigenvalue weighted by molar-refractivity contribution is 6.33. The van der Waals surface area contributed by atoms with Crippen LogP contribution < -0.4 is 0 Å². The molecule has 0 bridgehead atoms. The van der Waals surface area contributed by atoms with E-state index in [0.717, 1.165) is 38.1 Å². The van der Waals surface area contributed by atoms with Crippen molar-refractivity contribution in [2.45, 2.75) is 25.9 Å². The smallest absolute Gasteiger partial charge is 0.141 e. The van der Waals surface area contributed by atoms with Crippen LogP contribution in [0.1, 0.15) is 30.5 Å². The molecule has 0 aliphatic heterocycles. The second-order valence-corrected chi connectivity index (χ2v) is 9.30. The lowest BCUT2D eigenvalue weighted by atomic mass is 9.97. The van der Waals surface area contributed by atoms with Gasteiger partial charge >= 0.3 is 0 Å². The Kier molecular flexibility index (Phi) is 5.43. The summed E-state index contributed by atoms with van der Waals surface area (Å²) in [5.41, 5.74) is 2.70. The van der Waals surface area contributed by atoms with E-state index < -0.39 is 5.60 Å². The van der Waals surface area contributed by atoms with E-state index in [1.54, 1.807) is 32.0 Å². The van der Waals surface area contributed by atoms with Gasteiger partial charge in [-0.05, 0) is 60.5 Å². The lowest BCUT2D eigenvalue weighted by molar-refractivity contribution is 0.143. The molecule has 2 N–H and O–H groups in total. The van der Waals surface area contributed by atoms with Gasteiger partial charge in [0.15, 0.2) is 0 Å². The summed E-state index contributed by atoms with van der Waals surface area (Å²) in [4.78, 5) is 8.28.